The van der Waals surface area contributed by atoms with Gasteiger partial charge in [-0.2, -0.15) is 0 Å². The van der Waals surface area contributed by atoms with Gasteiger partial charge >= 0.3 is 6.03 Å². The molecule has 3 amide bonds. The van der Waals surface area contributed by atoms with Crippen LogP contribution in [-0.4, -0.2) is 25.0 Å². The van der Waals surface area contributed by atoms with Gasteiger partial charge in [-0.1, -0.05) is 6.07 Å². The highest BCUT2D eigenvalue weighted by Crippen LogP contribution is 2.24. The molecule has 0 radical (unpaired) electrons. The Labute approximate surface area is 161 Å². The van der Waals surface area contributed by atoms with E-state index >= 15 is 0 Å². The van der Waals surface area contributed by atoms with Gasteiger partial charge in [-0.3, -0.25) is 9.69 Å². The Morgan fingerprint density at radius 1 is 1.14 bits per heavy atom. The number of carbonyl (C=O) groups excluding carboxylic acids is 2. The number of hydrogen-bond donors (Lipinski definition) is 1. The van der Waals surface area contributed by atoms with Crippen LogP contribution in [0.2, 0.25) is 0 Å². The third-order valence-corrected chi connectivity index (χ3v) is 4.54. The third-order valence-electron chi connectivity index (χ3n) is 4.54. The summed E-state index contributed by atoms with van der Waals surface area (Å²) in [6.45, 7) is 1.31. The van der Waals surface area contributed by atoms with E-state index in [9.17, 15) is 14.0 Å². The number of amides is 3. The van der Waals surface area contributed by atoms with Crippen molar-refractivity contribution >= 4 is 23.3 Å². The fourth-order valence-electron chi connectivity index (χ4n) is 3.14. The number of anilines is 2. The molecule has 4 rings (SSSR count). The van der Waals surface area contributed by atoms with Crippen molar-refractivity contribution in [3.05, 3.63) is 84.1 Å². The first-order chi connectivity index (χ1) is 13.6. The van der Waals surface area contributed by atoms with E-state index < -0.39 is 0 Å². The molecule has 0 spiro atoms. The van der Waals surface area contributed by atoms with Crippen molar-refractivity contribution in [3.63, 3.8) is 0 Å². The lowest BCUT2D eigenvalue weighted by atomic mass is 10.1. The van der Waals surface area contributed by atoms with Gasteiger partial charge in [0, 0.05) is 30.0 Å². The second-order valence-corrected chi connectivity index (χ2v) is 6.38. The maximum atomic E-state index is 13.3. The number of benzene rings is 2. The van der Waals surface area contributed by atoms with Crippen molar-refractivity contribution in [1.29, 1.82) is 0 Å². The zero-order valence-corrected chi connectivity index (χ0v) is 15.0. The van der Waals surface area contributed by atoms with Crippen molar-refractivity contribution in [2.24, 2.45) is 0 Å². The van der Waals surface area contributed by atoms with Gasteiger partial charge < -0.3 is 14.6 Å². The summed E-state index contributed by atoms with van der Waals surface area (Å²) < 4.78 is 18.7. The molecule has 0 saturated carbocycles. The van der Waals surface area contributed by atoms with E-state index in [0.29, 0.717) is 35.8 Å². The van der Waals surface area contributed by atoms with Crippen LogP contribution < -0.4 is 15.1 Å². The quantitative estimate of drug-likeness (QED) is 0.733. The van der Waals surface area contributed by atoms with E-state index in [4.69, 9.17) is 4.42 Å². The molecule has 1 fully saturated rings. The van der Waals surface area contributed by atoms with Crippen molar-refractivity contribution in [1.82, 2.24) is 5.32 Å². The fraction of sp³-hybridized carbons (Fsp3) is 0.143. The molecule has 6 nitrogen and oxygen atoms in total. The first-order valence-electron chi connectivity index (χ1n) is 8.87. The van der Waals surface area contributed by atoms with Crippen LogP contribution in [-0.2, 0) is 6.54 Å². The van der Waals surface area contributed by atoms with Gasteiger partial charge in [0.15, 0.2) is 0 Å². The van der Waals surface area contributed by atoms with Crippen molar-refractivity contribution in [2.45, 2.75) is 6.54 Å². The maximum Gasteiger partial charge on any atom is 0.321 e. The van der Waals surface area contributed by atoms with E-state index in [-0.39, 0.29) is 24.3 Å². The van der Waals surface area contributed by atoms with Crippen LogP contribution in [0.5, 0.6) is 0 Å². The minimum Gasteiger partial charge on any atom is -0.467 e. The monoisotopic (exact) mass is 379 g/mol. The second kappa shape index (κ2) is 7.56. The average Bonchev–Trinajstić information content (AvgIpc) is 3.38. The molecule has 0 atom stereocenters. The lowest BCUT2D eigenvalue weighted by Gasteiger charge is -2.23. The van der Waals surface area contributed by atoms with Crippen molar-refractivity contribution < 1.29 is 18.4 Å². The van der Waals surface area contributed by atoms with Gasteiger partial charge in [0.2, 0.25) is 0 Å². The molecule has 1 aliphatic heterocycles. The van der Waals surface area contributed by atoms with E-state index in [2.05, 4.69) is 5.32 Å². The molecule has 0 aliphatic carbocycles. The minimum atomic E-state index is -0.379. The van der Waals surface area contributed by atoms with Crippen LogP contribution in [0.25, 0.3) is 0 Å². The second-order valence-electron chi connectivity index (χ2n) is 6.38. The first kappa shape index (κ1) is 17.8. The number of rotatable bonds is 5. The molecule has 1 N–H and O–H groups in total. The number of nitrogens with zero attached hydrogens (tertiary/aromatic N) is 2. The third kappa shape index (κ3) is 3.59. The predicted octanol–water partition coefficient (Wildman–Crippen LogP) is 3.80. The molecule has 0 unspecified atom stereocenters. The summed E-state index contributed by atoms with van der Waals surface area (Å²) in [4.78, 5) is 28.3. The highest BCUT2D eigenvalue weighted by molar-refractivity contribution is 6.07. The predicted molar refractivity (Wildman–Crippen MR) is 103 cm³/mol. The van der Waals surface area contributed by atoms with Crippen LogP contribution >= 0.6 is 0 Å². The number of halogens is 1. The molecule has 1 saturated heterocycles. The smallest absolute Gasteiger partial charge is 0.321 e. The maximum absolute atomic E-state index is 13.3. The number of nitrogens with one attached hydrogen (secondary N) is 1. The highest BCUT2D eigenvalue weighted by Gasteiger charge is 2.24. The Balaban J connectivity index is 1.67. The summed E-state index contributed by atoms with van der Waals surface area (Å²) in [7, 11) is 0. The Kier molecular flexibility index (Phi) is 4.80. The largest absolute Gasteiger partial charge is 0.467 e. The zero-order chi connectivity index (χ0) is 19.5. The normalized spacial score (nSPS) is 13.5. The topological polar surface area (TPSA) is 65.8 Å². The lowest BCUT2D eigenvalue weighted by Crippen LogP contribution is -2.31. The summed E-state index contributed by atoms with van der Waals surface area (Å²) >= 11 is 0. The molecule has 0 bridgehead atoms. The van der Waals surface area contributed by atoms with E-state index in [1.165, 1.54) is 23.3 Å². The van der Waals surface area contributed by atoms with E-state index in [0.717, 1.165) is 0 Å². The molecule has 1 aliphatic rings. The molecule has 7 heteroatoms. The van der Waals surface area contributed by atoms with Crippen LogP contribution in [0.4, 0.5) is 20.6 Å². The van der Waals surface area contributed by atoms with Gasteiger partial charge in [0.05, 0.1) is 12.8 Å². The molecular weight excluding hydrogens is 361 g/mol. The lowest BCUT2D eigenvalue weighted by molar-refractivity contribution is 0.0983. The summed E-state index contributed by atoms with van der Waals surface area (Å²) in [5, 5.41) is 2.74. The molecule has 2 heterocycles. The Hall–Kier alpha value is -3.61. The SMILES string of the molecule is O=C1NCCN1c1cccc(C(=O)N(Cc2ccco2)c2ccc(F)cc2)c1. The molecule has 142 valence electrons. The van der Waals surface area contributed by atoms with Crippen molar-refractivity contribution in [2.75, 3.05) is 22.9 Å². The molecular formula is C21H18FN3O3. The summed E-state index contributed by atoms with van der Waals surface area (Å²) in [5.74, 6) is -0.0478. The summed E-state index contributed by atoms with van der Waals surface area (Å²) in [6, 6.07) is 16.0. The van der Waals surface area contributed by atoms with Crippen LogP contribution in [0.1, 0.15) is 16.1 Å². The fourth-order valence-corrected chi connectivity index (χ4v) is 3.14. The average molecular weight is 379 g/mol. The minimum absolute atomic E-state index is 0.185. The summed E-state index contributed by atoms with van der Waals surface area (Å²) in [6.07, 6.45) is 1.54. The molecule has 28 heavy (non-hydrogen) atoms. The number of urea groups is 1. The van der Waals surface area contributed by atoms with Crippen LogP contribution in [0.15, 0.2) is 71.3 Å². The molecule has 2 aromatic carbocycles. The Bertz CT molecular complexity index is 986. The molecule has 1 aromatic heterocycles. The highest BCUT2D eigenvalue weighted by atomic mass is 19.1. The standard InChI is InChI=1S/C21H18FN3O3/c22-16-6-8-17(9-7-16)25(14-19-5-2-12-28-19)20(26)15-3-1-4-18(13-15)24-11-10-23-21(24)27/h1-9,12-13H,10-11,14H2,(H,23,27). The van der Waals surface area contributed by atoms with E-state index in [1.54, 1.807) is 53.4 Å². The van der Waals surface area contributed by atoms with Gasteiger partial charge in [0.25, 0.3) is 5.91 Å². The zero-order valence-electron chi connectivity index (χ0n) is 15.0. The van der Waals surface area contributed by atoms with Gasteiger partial charge in [-0.25, -0.2) is 9.18 Å². The van der Waals surface area contributed by atoms with Crippen molar-refractivity contribution in [3.8, 4) is 0 Å². The number of carbonyl (C=O) groups is 2. The number of furan rings is 1. The summed E-state index contributed by atoms with van der Waals surface area (Å²) in [5.41, 5.74) is 1.62. The van der Waals surface area contributed by atoms with Crippen LogP contribution in [0, 0.1) is 5.82 Å². The first-order valence-corrected chi connectivity index (χ1v) is 8.87. The van der Waals surface area contributed by atoms with E-state index in [1.807, 2.05) is 0 Å². The number of hydrogen-bond acceptors (Lipinski definition) is 3. The van der Waals surface area contributed by atoms with Gasteiger partial charge in [-0.05, 0) is 54.6 Å². The Morgan fingerprint density at radius 3 is 2.64 bits per heavy atom. The molecule has 3 aromatic rings. The van der Waals surface area contributed by atoms with Gasteiger partial charge in [0.1, 0.15) is 11.6 Å². The Morgan fingerprint density at radius 2 is 1.96 bits per heavy atom. The van der Waals surface area contributed by atoms with Gasteiger partial charge in [-0.15, -0.1) is 0 Å². The van der Waals surface area contributed by atoms with Crippen LogP contribution in [0.3, 0.4) is 0 Å².